The number of nitrogens with two attached hydrogens (primary N) is 1. The van der Waals surface area contributed by atoms with Gasteiger partial charge in [0.25, 0.3) is 5.69 Å². The van der Waals surface area contributed by atoms with Gasteiger partial charge in [0.2, 0.25) is 0 Å². The lowest BCUT2D eigenvalue weighted by Gasteiger charge is -2.09. The SMILES string of the molecule is NCCSC(O)c1ccc([N+](=O)[O-])cc1. The topological polar surface area (TPSA) is 89.4 Å². The van der Waals surface area contributed by atoms with Gasteiger partial charge in [0, 0.05) is 24.4 Å². The number of thioether (sulfide) groups is 1. The van der Waals surface area contributed by atoms with Crippen molar-refractivity contribution in [3.8, 4) is 0 Å². The van der Waals surface area contributed by atoms with Crippen molar-refractivity contribution in [1.82, 2.24) is 0 Å². The summed E-state index contributed by atoms with van der Waals surface area (Å²) in [5, 5.41) is 20.0. The molecule has 0 bridgehead atoms. The minimum atomic E-state index is -0.672. The maximum Gasteiger partial charge on any atom is 0.269 e. The van der Waals surface area contributed by atoms with E-state index in [2.05, 4.69) is 0 Å². The zero-order valence-electron chi connectivity index (χ0n) is 8.00. The van der Waals surface area contributed by atoms with Gasteiger partial charge in [-0.1, -0.05) is 0 Å². The Morgan fingerprint density at radius 3 is 2.53 bits per heavy atom. The molecule has 15 heavy (non-hydrogen) atoms. The fraction of sp³-hybridized carbons (Fsp3) is 0.333. The van der Waals surface area contributed by atoms with Crippen LogP contribution in [0.3, 0.4) is 0 Å². The molecule has 1 rings (SSSR count). The second kappa shape index (κ2) is 5.69. The molecule has 0 spiro atoms. The Bertz CT molecular complexity index is 329. The lowest BCUT2D eigenvalue weighted by Crippen LogP contribution is -2.04. The fourth-order valence-corrected chi connectivity index (χ4v) is 1.75. The van der Waals surface area contributed by atoms with Crippen molar-refractivity contribution >= 4 is 17.4 Å². The van der Waals surface area contributed by atoms with E-state index in [1.807, 2.05) is 0 Å². The molecule has 1 aromatic rings. The summed E-state index contributed by atoms with van der Waals surface area (Å²) >= 11 is 1.30. The van der Waals surface area contributed by atoms with Crippen LogP contribution in [0.15, 0.2) is 24.3 Å². The Labute approximate surface area is 91.4 Å². The maximum atomic E-state index is 10.4. The van der Waals surface area contributed by atoms with Crippen LogP contribution in [-0.4, -0.2) is 22.3 Å². The van der Waals surface area contributed by atoms with Crippen LogP contribution in [0.25, 0.3) is 0 Å². The van der Waals surface area contributed by atoms with Crippen molar-refractivity contribution in [3.63, 3.8) is 0 Å². The van der Waals surface area contributed by atoms with Crippen molar-refractivity contribution in [3.05, 3.63) is 39.9 Å². The third kappa shape index (κ3) is 3.50. The van der Waals surface area contributed by atoms with E-state index >= 15 is 0 Å². The van der Waals surface area contributed by atoms with E-state index < -0.39 is 10.4 Å². The van der Waals surface area contributed by atoms with E-state index in [9.17, 15) is 15.2 Å². The average Bonchev–Trinajstić information content (AvgIpc) is 2.26. The van der Waals surface area contributed by atoms with E-state index in [-0.39, 0.29) is 5.69 Å². The highest BCUT2D eigenvalue weighted by Gasteiger charge is 2.09. The van der Waals surface area contributed by atoms with E-state index in [1.54, 1.807) is 12.1 Å². The highest BCUT2D eigenvalue weighted by atomic mass is 32.2. The van der Waals surface area contributed by atoms with Crippen LogP contribution in [0, 0.1) is 10.1 Å². The molecule has 1 atom stereocenters. The summed E-state index contributed by atoms with van der Waals surface area (Å²) in [4.78, 5) is 9.91. The van der Waals surface area contributed by atoms with Crippen LogP contribution in [0.4, 0.5) is 5.69 Å². The first-order valence-corrected chi connectivity index (χ1v) is 5.44. The molecule has 0 saturated carbocycles. The Morgan fingerprint density at radius 1 is 1.47 bits per heavy atom. The molecule has 0 aliphatic rings. The number of hydrogen-bond donors (Lipinski definition) is 2. The van der Waals surface area contributed by atoms with E-state index in [4.69, 9.17) is 5.73 Å². The van der Waals surface area contributed by atoms with Gasteiger partial charge in [-0.05, 0) is 17.7 Å². The molecule has 0 aromatic heterocycles. The number of benzene rings is 1. The van der Waals surface area contributed by atoms with Crippen molar-refractivity contribution < 1.29 is 10.0 Å². The molecule has 1 aromatic carbocycles. The third-order valence-electron chi connectivity index (χ3n) is 1.78. The molecule has 0 aliphatic heterocycles. The first-order valence-electron chi connectivity index (χ1n) is 4.39. The number of hydrogen-bond acceptors (Lipinski definition) is 5. The van der Waals surface area contributed by atoms with Crippen molar-refractivity contribution in [1.29, 1.82) is 0 Å². The zero-order chi connectivity index (χ0) is 11.3. The van der Waals surface area contributed by atoms with Gasteiger partial charge in [0.05, 0.1) is 4.92 Å². The summed E-state index contributed by atoms with van der Waals surface area (Å²) < 4.78 is 0. The first-order chi connectivity index (χ1) is 7.15. The molecular weight excluding hydrogens is 216 g/mol. The lowest BCUT2D eigenvalue weighted by molar-refractivity contribution is -0.384. The minimum Gasteiger partial charge on any atom is -0.378 e. The maximum absolute atomic E-state index is 10.4. The largest absolute Gasteiger partial charge is 0.378 e. The summed E-state index contributed by atoms with van der Waals surface area (Å²) in [6.07, 6.45) is 0. The molecular formula is C9H12N2O3S. The van der Waals surface area contributed by atoms with E-state index in [1.165, 1.54) is 23.9 Å². The van der Waals surface area contributed by atoms with Crippen LogP contribution in [0.2, 0.25) is 0 Å². The predicted molar refractivity (Wildman–Crippen MR) is 59.6 cm³/mol. The summed E-state index contributed by atoms with van der Waals surface area (Å²) in [5.74, 6) is 0.651. The van der Waals surface area contributed by atoms with Gasteiger partial charge in [-0.2, -0.15) is 0 Å². The predicted octanol–water partition coefficient (Wildman–Crippen LogP) is 1.28. The minimum absolute atomic E-state index is 0.0229. The Kier molecular flexibility index (Phi) is 4.54. The smallest absolute Gasteiger partial charge is 0.269 e. The number of nitro groups is 1. The summed E-state index contributed by atoms with van der Waals surface area (Å²) in [6.45, 7) is 0.495. The van der Waals surface area contributed by atoms with Crippen LogP contribution >= 0.6 is 11.8 Å². The number of nitro benzene ring substituents is 1. The molecule has 1 unspecified atom stereocenters. The van der Waals surface area contributed by atoms with Crippen LogP contribution in [0.5, 0.6) is 0 Å². The Hall–Kier alpha value is -1.11. The number of non-ortho nitro benzene ring substituents is 1. The molecule has 82 valence electrons. The monoisotopic (exact) mass is 228 g/mol. The van der Waals surface area contributed by atoms with E-state index in [0.29, 0.717) is 17.9 Å². The van der Waals surface area contributed by atoms with Crippen LogP contribution in [-0.2, 0) is 0 Å². The molecule has 0 aliphatic carbocycles. The highest BCUT2D eigenvalue weighted by Crippen LogP contribution is 2.26. The molecule has 0 saturated heterocycles. The van der Waals surface area contributed by atoms with Gasteiger partial charge in [0.1, 0.15) is 5.44 Å². The summed E-state index contributed by atoms with van der Waals surface area (Å²) in [5.41, 5.74) is 5.30. The Balaban J connectivity index is 2.66. The average molecular weight is 228 g/mol. The standard InChI is InChI=1S/C9H12N2O3S/c10-5-6-15-9(12)7-1-3-8(4-2-7)11(13)14/h1-4,9,12H,5-6,10H2. The fourth-order valence-electron chi connectivity index (χ4n) is 1.04. The third-order valence-corrected chi connectivity index (χ3v) is 2.84. The van der Waals surface area contributed by atoms with Gasteiger partial charge in [-0.3, -0.25) is 10.1 Å². The first kappa shape index (κ1) is 12.0. The summed E-state index contributed by atoms with van der Waals surface area (Å²) in [6, 6.07) is 5.85. The molecule has 5 nitrogen and oxygen atoms in total. The van der Waals surface area contributed by atoms with Gasteiger partial charge in [-0.15, -0.1) is 11.8 Å². The van der Waals surface area contributed by atoms with Crippen molar-refractivity contribution in [2.24, 2.45) is 5.73 Å². The van der Waals surface area contributed by atoms with Gasteiger partial charge >= 0.3 is 0 Å². The molecule has 0 fully saturated rings. The quantitative estimate of drug-likeness (QED) is 0.450. The molecule has 3 N–H and O–H groups in total. The second-order valence-electron chi connectivity index (χ2n) is 2.86. The lowest BCUT2D eigenvalue weighted by atomic mass is 10.2. The zero-order valence-corrected chi connectivity index (χ0v) is 8.81. The number of aliphatic hydroxyl groups excluding tert-OH is 1. The Morgan fingerprint density at radius 2 is 2.07 bits per heavy atom. The molecule has 0 heterocycles. The van der Waals surface area contributed by atoms with Gasteiger partial charge in [0.15, 0.2) is 0 Å². The van der Waals surface area contributed by atoms with Crippen molar-refractivity contribution in [2.45, 2.75) is 5.44 Å². The van der Waals surface area contributed by atoms with Crippen molar-refractivity contribution in [2.75, 3.05) is 12.3 Å². The number of nitrogens with zero attached hydrogens (tertiary/aromatic N) is 1. The van der Waals surface area contributed by atoms with Crippen LogP contribution in [0.1, 0.15) is 11.0 Å². The second-order valence-corrected chi connectivity index (χ2v) is 4.05. The molecule has 0 amide bonds. The normalized spacial score (nSPS) is 12.4. The molecule has 0 radical (unpaired) electrons. The summed E-state index contributed by atoms with van der Waals surface area (Å²) in [7, 11) is 0. The highest BCUT2D eigenvalue weighted by molar-refractivity contribution is 7.99. The van der Waals surface area contributed by atoms with Crippen LogP contribution < -0.4 is 5.73 Å². The number of rotatable bonds is 5. The van der Waals surface area contributed by atoms with Gasteiger partial charge < -0.3 is 10.8 Å². The van der Waals surface area contributed by atoms with Gasteiger partial charge in [-0.25, -0.2) is 0 Å². The van der Waals surface area contributed by atoms with E-state index in [0.717, 1.165) is 0 Å². The number of aliphatic hydroxyl groups is 1. The molecule has 6 heteroatoms.